The molecule has 6 heteroatoms. The highest BCUT2D eigenvalue weighted by Crippen LogP contribution is 2.43. The van der Waals surface area contributed by atoms with Crippen LogP contribution in [0.2, 0.25) is 0 Å². The molecule has 1 aliphatic carbocycles. The number of hydrogen-bond donors (Lipinski definition) is 3. The zero-order chi connectivity index (χ0) is 19.3. The highest BCUT2D eigenvalue weighted by atomic mass is 16.7. The van der Waals surface area contributed by atoms with Gasteiger partial charge in [-0.1, -0.05) is 38.8 Å². The Bertz CT molecular complexity index is 438. The molecule has 1 saturated heterocycles. The minimum absolute atomic E-state index is 0.152. The van der Waals surface area contributed by atoms with Crippen molar-refractivity contribution < 1.29 is 29.5 Å². The summed E-state index contributed by atoms with van der Waals surface area (Å²) in [6, 6.07) is 0. The van der Waals surface area contributed by atoms with Gasteiger partial charge >= 0.3 is 0 Å². The Hall–Kier alpha value is -0.500. The van der Waals surface area contributed by atoms with Gasteiger partial charge in [0.25, 0.3) is 0 Å². The first-order valence-corrected chi connectivity index (χ1v) is 10.0. The largest absolute Gasteiger partial charge is 0.390 e. The lowest BCUT2D eigenvalue weighted by molar-refractivity contribution is -0.268. The van der Waals surface area contributed by atoms with Crippen molar-refractivity contribution in [3.63, 3.8) is 0 Å². The maximum absolute atomic E-state index is 10.2. The molecule has 0 aromatic carbocycles. The van der Waals surface area contributed by atoms with Crippen molar-refractivity contribution in [3.05, 3.63) is 12.2 Å². The molecule has 0 amide bonds. The van der Waals surface area contributed by atoms with Gasteiger partial charge in [0, 0.05) is 12.3 Å². The summed E-state index contributed by atoms with van der Waals surface area (Å²) in [6.45, 7) is 8.55. The first kappa shape index (κ1) is 21.8. The van der Waals surface area contributed by atoms with Crippen LogP contribution in [-0.4, -0.2) is 58.9 Å². The molecule has 1 aliphatic heterocycles. The van der Waals surface area contributed by atoms with Gasteiger partial charge in [-0.25, -0.2) is 0 Å². The van der Waals surface area contributed by atoms with E-state index in [1.165, 1.54) is 0 Å². The monoisotopic (exact) mass is 372 g/mol. The second-order valence-corrected chi connectivity index (χ2v) is 7.78. The highest BCUT2D eigenvalue weighted by Gasteiger charge is 2.41. The smallest absolute Gasteiger partial charge is 0.184 e. The van der Waals surface area contributed by atoms with Crippen LogP contribution in [0.5, 0.6) is 0 Å². The van der Waals surface area contributed by atoms with E-state index >= 15 is 0 Å². The zero-order valence-corrected chi connectivity index (χ0v) is 16.5. The molecule has 1 saturated carbocycles. The number of ether oxygens (including phenoxy) is 3. The van der Waals surface area contributed by atoms with Crippen LogP contribution in [0.1, 0.15) is 53.4 Å². The minimum atomic E-state index is -0.828. The number of rotatable bonds is 10. The lowest BCUT2D eigenvalue weighted by atomic mass is 10.0. The normalized spacial score (nSPS) is 37.2. The first-order chi connectivity index (χ1) is 12.3. The van der Waals surface area contributed by atoms with Crippen LogP contribution >= 0.6 is 0 Å². The summed E-state index contributed by atoms with van der Waals surface area (Å²) in [5, 5.41) is 29.8. The van der Waals surface area contributed by atoms with Crippen LogP contribution in [0.4, 0.5) is 0 Å². The van der Waals surface area contributed by atoms with Gasteiger partial charge in [0.15, 0.2) is 12.6 Å². The van der Waals surface area contributed by atoms with Gasteiger partial charge in [-0.2, -0.15) is 0 Å². The number of aliphatic hydroxyl groups is 3. The van der Waals surface area contributed by atoms with Crippen LogP contribution in [-0.2, 0) is 14.2 Å². The van der Waals surface area contributed by atoms with E-state index in [4.69, 9.17) is 14.2 Å². The third-order valence-corrected chi connectivity index (χ3v) is 5.58. The number of aliphatic hydroxyl groups excluding tert-OH is 3. The molecule has 0 bridgehead atoms. The first-order valence-electron chi connectivity index (χ1n) is 10.0. The molecule has 2 aliphatic rings. The lowest BCUT2D eigenvalue weighted by Crippen LogP contribution is -2.47. The van der Waals surface area contributed by atoms with Gasteiger partial charge < -0.3 is 29.5 Å². The molecule has 152 valence electrons. The molecular formula is C20H36O6. The fourth-order valence-electron chi connectivity index (χ4n) is 3.29. The fourth-order valence-corrected chi connectivity index (χ4v) is 3.29. The molecule has 0 radical (unpaired) electrons. The topological polar surface area (TPSA) is 88.4 Å². The molecule has 0 spiro atoms. The van der Waals surface area contributed by atoms with E-state index in [0.717, 1.165) is 19.3 Å². The average Bonchev–Trinajstić information content (AvgIpc) is 3.38. The van der Waals surface area contributed by atoms with E-state index in [1.807, 2.05) is 19.1 Å². The quantitative estimate of drug-likeness (QED) is 0.402. The van der Waals surface area contributed by atoms with Crippen molar-refractivity contribution in [2.45, 2.75) is 90.4 Å². The second kappa shape index (κ2) is 10.2. The van der Waals surface area contributed by atoms with E-state index in [-0.39, 0.29) is 24.5 Å². The van der Waals surface area contributed by atoms with Gasteiger partial charge in [-0.05, 0) is 32.1 Å². The molecule has 26 heavy (non-hydrogen) atoms. The molecule has 8 atom stereocenters. The standard InChI is InChI=1S/C20H36O6/c1-5-14(6-2)11-24-19(23)16-9-15(16)8-7-12(3)25-20-18(22)10-17(21)13(4)26-20/h7-8,12-23H,5-6,9-11H2,1-4H3/b8-7+/t12-,13+,15-,16-,17-,18-,19?,20-/m1/s1. The van der Waals surface area contributed by atoms with Crippen LogP contribution < -0.4 is 0 Å². The summed E-state index contributed by atoms with van der Waals surface area (Å²) in [5.41, 5.74) is 0. The maximum atomic E-state index is 10.2. The highest BCUT2D eigenvalue weighted by molar-refractivity contribution is 5.05. The Kier molecular flexibility index (Phi) is 8.51. The van der Waals surface area contributed by atoms with E-state index in [9.17, 15) is 15.3 Å². The Balaban J connectivity index is 1.70. The van der Waals surface area contributed by atoms with Gasteiger partial charge in [-0.15, -0.1) is 0 Å². The molecule has 1 unspecified atom stereocenters. The predicted octanol–water partition coefficient (Wildman–Crippen LogP) is 2.21. The summed E-state index contributed by atoms with van der Waals surface area (Å²) >= 11 is 0. The Morgan fingerprint density at radius 1 is 1.15 bits per heavy atom. The van der Waals surface area contributed by atoms with Crippen LogP contribution in [0.3, 0.4) is 0 Å². The van der Waals surface area contributed by atoms with Crippen LogP contribution in [0, 0.1) is 17.8 Å². The van der Waals surface area contributed by atoms with Crippen molar-refractivity contribution in [1.29, 1.82) is 0 Å². The van der Waals surface area contributed by atoms with Gasteiger partial charge in [0.05, 0.1) is 24.9 Å². The summed E-state index contributed by atoms with van der Waals surface area (Å²) < 4.78 is 16.9. The summed E-state index contributed by atoms with van der Waals surface area (Å²) in [6.07, 6.45) is 3.80. The van der Waals surface area contributed by atoms with E-state index in [1.54, 1.807) is 6.92 Å². The van der Waals surface area contributed by atoms with Crippen molar-refractivity contribution in [2.75, 3.05) is 6.61 Å². The van der Waals surface area contributed by atoms with Crippen molar-refractivity contribution in [1.82, 2.24) is 0 Å². The molecule has 0 aromatic heterocycles. The molecule has 1 heterocycles. The van der Waals surface area contributed by atoms with Gasteiger partial charge in [0.1, 0.15) is 6.10 Å². The average molecular weight is 373 g/mol. The van der Waals surface area contributed by atoms with E-state index < -0.39 is 24.8 Å². The Morgan fingerprint density at radius 3 is 2.50 bits per heavy atom. The Morgan fingerprint density at radius 2 is 1.85 bits per heavy atom. The molecular weight excluding hydrogens is 336 g/mol. The minimum Gasteiger partial charge on any atom is -0.390 e. The fraction of sp³-hybridized carbons (Fsp3) is 0.900. The molecule has 2 fully saturated rings. The predicted molar refractivity (Wildman–Crippen MR) is 98.3 cm³/mol. The zero-order valence-electron chi connectivity index (χ0n) is 16.5. The number of allylic oxidation sites excluding steroid dienone is 1. The molecule has 6 nitrogen and oxygen atoms in total. The maximum Gasteiger partial charge on any atom is 0.184 e. The Labute approximate surface area is 157 Å². The SMILES string of the molecule is CCC(CC)COC(O)[C@@H]1C[C@H]1/C=C/[C@@H](C)O[C@@H]1O[C@@H](C)[C@H](O)C[C@H]1O. The lowest BCUT2D eigenvalue weighted by Gasteiger charge is -2.36. The van der Waals surface area contributed by atoms with Gasteiger partial charge in [0.2, 0.25) is 0 Å². The van der Waals surface area contributed by atoms with E-state index in [0.29, 0.717) is 18.4 Å². The molecule has 2 rings (SSSR count). The molecule has 0 aromatic rings. The van der Waals surface area contributed by atoms with Crippen LogP contribution in [0.25, 0.3) is 0 Å². The van der Waals surface area contributed by atoms with Crippen molar-refractivity contribution in [3.8, 4) is 0 Å². The third kappa shape index (κ3) is 6.29. The molecule has 3 N–H and O–H groups in total. The summed E-state index contributed by atoms with van der Waals surface area (Å²) in [4.78, 5) is 0. The third-order valence-electron chi connectivity index (χ3n) is 5.58. The van der Waals surface area contributed by atoms with Crippen LogP contribution in [0.15, 0.2) is 12.2 Å². The van der Waals surface area contributed by atoms with E-state index in [2.05, 4.69) is 13.8 Å². The van der Waals surface area contributed by atoms with Gasteiger partial charge in [-0.3, -0.25) is 0 Å². The van der Waals surface area contributed by atoms with Crippen molar-refractivity contribution in [2.24, 2.45) is 17.8 Å². The second-order valence-electron chi connectivity index (χ2n) is 7.78. The number of hydrogen-bond acceptors (Lipinski definition) is 6. The summed E-state index contributed by atoms with van der Waals surface area (Å²) in [7, 11) is 0. The summed E-state index contributed by atoms with van der Waals surface area (Å²) in [5.74, 6) is 0.962. The van der Waals surface area contributed by atoms with Crippen molar-refractivity contribution >= 4 is 0 Å².